The van der Waals surface area contributed by atoms with Gasteiger partial charge in [-0.15, -0.1) is 11.3 Å². The molecule has 0 saturated carbocycles. The van der Waals surface area contributed by atoms with Crippen LogP contribution in [0.1, 0.15) is 24.2 Å². The third-order valence-corrected chi connectivity index (χ3v) is 3.79. The molecule has 0 aliphatic carbocycles. The Morgan fingerprint density at radius 2 is 2.26 bits per heavy atom. The van der Waals surface area contributed by atoms with Gasteiger partial charge in [0.2, 0.25) is 0 Å². The second kappa shape index (κ2) is 5.36. The van der Waals surface area contributed by atoms with Gasteiger partial charge in [0.15, 0.2) is 0 Å². The molecule has 0 aliphatic rings. The van der Waals surface area contributed by atoms with Crippen molar-refractivity contribution in [3.8, 4) is 10.4 Å². The number of halogens is 1. The summed E-state index contributed by atoms with van der Waals surface area (Å²) in [6.07, 6.45) is -1.17. The van der Waals surface area contributed by atoms with E-state index in [4.69, 9.17) is 5.11 Å². The van der Waals surface area contributed by atoms with Crippen molar-refractivity contribution >= 4 is 17.4 Å². The Balaban J connectivity index is 2.32. The number of thiazole rings is 1. The molecule has 1 heterocycles. The zero-order chi connectivity index (χ0) is 14.0. The summed E-state index contributed by atoms with van der Waals surface area (Å²) < 4.78 is 14.0. The van der Waals surface area contributed by atoms with E-state index < -0.39 is 18.0 Å². The minimum absolute atomic E-state index is 0.327. The van der Waals surface area contributed by atoms with Gasteiger partial charge in [-0.2, -0.15) is 0 Å². The lowest BCUT2D eigenvalue weighted by atomic mass is 10.0. The second-order valence-electron chi connectivity index (χ2n) is 4.17. The molecule has 19 heavy (non-hydrogen) atoms. The highest BCUT2D eigenvalue weighted by Crippen LogP contribution is 2.29. The Hall–Kier alpha value is -1.95. The fourth-order valence-corrected chi connectivity index (χ4v) is 2.66. The molecule has 0 spiro atoms. The molecule has 2 rings (SSSR count). The topological polar surface area (TPSA) is 62.2 Å². The highest BCUT2D eigenvalue weighted by atomic mass is 32.1. The Morgan fingerprint density at radius 1 is 1.53 bits per heavy atom. The standard InChI is InChI=1S/C13H13FN2O2S/c1-7(16-13(17)18)10-4-3-9(5-11(10)14)12-8(2)15-6-19-12/h3-7,16H,1-2H3,(H,17,18)/t7-/m0/s1. The number of carbonyl (C=O) groups is 1. The first kappa shape index (κ1) is 13.5. The second-order valence-corrected chi connectivity index (χ2v) is 5.03. The summed E-state index contributed by atoms with van der Waals surface area (Å²) in [5.41, 5.74) is 3.65. The Labute approximate surface area is 113 Å². The van der Waals surface area contributed by atoms with Crippen LogP contribution in [0.3, 0.4) is 0 Å². The number of aryl methyl sites for hydroxylation is 1. The molecule has 4 nitrogen and oxygen atoms in total. The van der Waals surface area contributed by atoms with Crippen LogP contribution in [0.4, 0.5) is 9.18 Å². The summed E-state index contributed by atoms with van der Waals surface area (Å²) in [4.78, 5) is 15.6. The molecule has 2 N–H and O–H groups in total. The van der Waals surface area contributed by atoms with Crippen LogP contribution < -0.4 is 5.32 Å². The van der Waals surface area contributed by atoms with Crippen molar-refractivity contribution in [3.05, 3.63) is 40.8 Å². The first-order valence-electron chi connectivity index (χ1n) is 5.68. The SMILES string of the molecule is Cc1ncsc1-c1ccc([C@H](C)NC(=O)O)c(F)c1. The normalized spacial score (nSPS) is 12.2. The van der Waals surface area contributed by atoms with Crippen molar-refractivity contribution in [3.63, 3.8) is 0 Å². The van der Waals surface area contributed by atoms with E-state index in [1.807, 2.05) is 6.92 Å². The maximum Gasteiger partial charge on any atom is 0.405 e. The average molecular weight is 280 g/mol. The zero-order valence-corrected chi connectivity index (χ0v) is 11.3. The van der Waals surface area contributed by atoms with Crippen LogP contribution in [0.5, 0.6) is 0 Å². The number of nitrogens with one attached hydrogen (secondary N) is 1. The molecule has 1 aromatic carbocycles. The summed E-state index contributed by atoms with van der Waals surface area (Å²) in [6.45, 7) is 3.47. The average Bonchev–Trinajstić information content (AvgIpc) is 2.74. The van der Waals surface area contributed by atoms with Crippen LogP contribution >= 0.6 is 11.3 Å². The summed E-state index contributed by atoms with van der Waals surface area (Å²) in [5.74, 6) is -0.424. The minimum Gasteiger partial charge on any atom is -0.465 e. The van der Waals surface area contributed by atoms with E-state index in [1.165, 1.54) is 17.4 Å². The Morgan fingerprint density at radius 3 is 2.79 bits per heavy atom. The van der Waals surface area contributed by atoms with Gasteiger partial charge < -0.3 is 10.4 Å². The van der Waals surface area contributed by atoms with E-state index >= 15 is 0 Å². The maximum absolute atomic E-state index is 14.0. The van der Waals surface area contributed by atoms with E-state index in [1.54, 1.807) is 24.6 Å². The summed E-state index contributed by atoms with van der Waals surface area (Å²) in [6, 6.07) is 4.20. The molecule has 0 fully saturated rings. The van der Waals surface area contributed by atoms with Gasteiger partial charge in [-0.05, 0) is 25.5 Å². The van der Waals surface area contributed by atoms with E-state index in [0.29, 0.717) is 5.56 Å². The molecular formula is C13H13FN2O2S. The fraction of sp³-hybridized carbons (Fsp3) is 0.231. The molecule has 0 unspecified atom stereocenters. The highest BCUT2D eigenvalue weighted by molar-refractivity contribution is 7.13. The number of hydrogen-bond acceptors (Lipinski definition) is 3. The largest absolute Gasteiger partial charge is 0.465 e. The monoisotopic (exact) mass is 280 g/mol. The van der Waals surface area contributed by atoms with Crippen molar-refractivity contribution in [1.29, 1.82) is 0 Å². The zero-order valence-electron chi connectivity index (χ0n) is 10.5. The molecule has 1 aromatic heterocycles. The van der Waals surface area contributed by atoms with Gasteiger partial charge in [0.05, 0.1) is 22.1 Å². The van der Waals surface area contributed by atoms with Crippen LogP contribution in [0.15, 0.2) is 23.7 Å². The number of aromatic nitrogens is 1. The van der Waals surface area contributed by atoms with Crippen molar-refractivity contribution in [2.24, 2.45) is 0 Å². The van der Waals surface area contributed by atoms with Gasteiger partial charge in [0, 0.05) is 5.56 Å². The lowest BCUT2D eigenvalue weighted by Gasteiger charge is -2.13. The molecule has 2 aromatic rings. The summed E-state index contributed by atoms with van der Waals surface area (Å²) in [7, 11) is 0. The van der Waals surface area contributed by atoms with E-state index in [2.05, 4.69) is 10.3 Å². The number of hydrogen-bond donors (Lipinski definition) is 2. The Kier molecular flexibility index (Phi) is 3.80. The maximum atomic E-state index is 14.0. The number of rotatable bonds is 3. The molecule has 100 valence electrons. The fourth-order valence-electron chi connectivity index (χ4n) is 1.86. The van der Waals surface area contributed by atoms with Crippen LogP contribution in [0.25, 0.3) is 10.4 Å². The molecule has 1 atom stereocenters. The van der Waals surface area contributed by atoms with Crippen LogP contribution in [0.2, 0.25) is 0 Å². The lowest BCUT2D eigenvalue weighted by Crippen LogP contribution is -2.25. The smallest absolute Gasteiger partial charge is 0.405 e. The first-order valence-corrected chi connectivity index (χ1v) is 6.56. The molecule has 6 heteroatoms. The highest BCUT2D eigenvalue weighted by Gasteiger charge is 2.14. The number of carboxylic acid groups (broad SMARTS) is 1. The van der Waals surface area contributed by atoms with E-state index in [-0.39, 0.29) is 0 Å². The lowest BCUT2D eigenvalue weighted by molar-refractivity contribution is 0.190. The van der Waals surface area contributed by atoms with Crippen LogP contribution in [-0.4, -0.2) is 16.2 Å². The van der Waals surface area contributed by atoms with Crippen LogP contribution in [-0.2, 0) is 0 Å². The van der Waals surface area contributed by atoms with Crippen molar-refractivity contribution in [1.82, 2.24) is 10.3 Å². The van der Waals surface area contributed by atoms with Crippen molar-refractivity contribution in [2.45, 2.75) is 19.9 Å². The van der Waals surface area contributed by atoms with Gasteiger partial charge in [-0.1, -0.05) is 12.1 Å². The van der Waals surface area contributed by atoms with E-state index in [0.717, 1.165) is 16.1 Å². The quantitative estimate of drug-likeness (QED) is 0.903. The summed E-state index contributed by atoms with van der Waals surface area (Å²) in [5, 5.41) is 10.9. The van der Waals surface area contributed by atoms with E-state index in [9.17, 15) is 9.18 Å². The van der Waals surface area contributed by atoms with Gasteiger partial charge in [-0.3, -0.25) is 0 Å². The molecule has 0 saturated heterocycles. The molecule has 0 bridgehead atoms. The third-order valence-electron chi connectivity index (χ3n) is 2.81. The molecule has 0 radical (unpaired) electrons. The number of nitrogens with zero attached hydrogens (tertiary/aromatic N) is 1. The van der Waals surface area contributed by atoms with Gasteiger partial charge >= 0.3 is 6.09 Å². The predicted octanol–water partition coefficient (Wildman–Crippen LogP) is 3.59. The van der Waals surface area contributed by atoms with Gasteiger partial charge in [0.1, 0.15) is 5.82 Å². The molecule has 1 amide bonds. The number of benzene rings is 1. The van der Waals surface area contributed by atoms with Gasteiger partial charge in [0.25, 0.3) is 0 Å². The minimum atomic E-state index is -1.17. The summed E-state index contributed by atoms with van der Waals surface area (Å²) >= 11 is 1.45. The van der Waals surface area contributed by atoms with Crippen molar-refractivity contribution in [2.75, 3.05) is 0 Å². The van der Waals surface area contributed by atoms with Crippen LogP contribution in [0, 0.1) is 12.7 Å². The van der Waals surface area contributed by atoms with Gasteiger partial charge in [-0.25, -0.2) is 14.2 Å². The molecular weight excluding hydrogens is 267 g/mol. The Bertz CT molecular complexity index is 612. The van der Waals surface area contributed by atoms with Crippen molar-refractivity contribution < 1.29 is 14.3 Å². The predicted molar refractivity (Wildman–Crippen MR) is 71.8 cm³/mol. The first-order chi connectivity index (χ1) is 8.99. The number of amides is 1. The molecule has 0 aliphatic heterocycles. The third kappa shape index (κ3) is 2.90.